The SMILES string of the molecule is Cc1cc(OCc2nc(C)c(C(=O)NCc3ccccc3)s2)ccc1Cl. The number of hydrogen-bond acceptors (Lipinski definition) is 4. The number of thiazole rings is 1. The number of benzene rings is 2. The van der Waals surface area contributed by atoms with Crippen molar-refractivity contribution in [3.63, 3.8) is 0 Å². The Morgan fingerprint density at radius 1 is 1.19 bits per heavy atom. The molecule has 0 saturated heterocycles. The Hall–Kier alpha value is -2.37. The summed E-state index contributed by atoms with van der Waals surface area (Å²) >= 11 is 7.38. The van der Waals surface area contributed by atoms with E-state index in [4.69, 9.17) is 16.3 Å². The van der Waals surface area contributed by atoms with Crippen LogP contribution in [0.2, 0.25) is 5.02 Å². The minimum absolute atomic E-state index is 0.113. The van der Waals surface area contributed by atoms with E-state index in [0.717, 1.165) is 21.9 Å². The molecule has 1 amide bonds. The molecule has 0 aliphatic carbocycles. The van der Waals surface area contributed by atoms with Crippen molar-refractivity contribution in [2.24, 2.45) is 0 Å². The van der Waals surface area contributed by atoms with Crippen molar-refractivity contribution in [3.05, 3.63) is 80.3 Å². The lowest BCUT2D eigenvalue weighted by Gasteiger charge is -2.05. The molecule has 1 heterocycles. The Kier molecular flexibility index (Phi) is 5.91. The third-order valence-corrected chi connectivity index (χ3v) is 5.39. The molecule has 26 heavy (non-hydrogen) atoms. The van der Waals surface area contributed by atoms with Gasteiger partial charge in [-0.05, 0) is 43.2 Å². The summed E-state index contributed by atoms with van der Waals surface area (Å²) < 4.78 is 5.76. The first-order valence-corrected chi connectivity index (χ1v) is 9.40. The Morgan fingerprint density at radius 3 is 2.69 bits per heavy atom. The van der Waals surface area contributed by atoms with E-state index in [1.807, 2.05) is 62.4 Å². The summed E-state index contributed by atoms with van der Waals surface area (Å²) in [4.78, 5) is 17.5. The average Bonchev–Trinajstić information content (AvgIpc) is 3.02. The zero-order valence-electron chi connectivity index (χ0n) is 14.6. The Labute approximate surface area is 161 Å². The molecule has 1 aromatic heterocycles. The highest BCUT2D eigenvalue weighted by molar-refractivity contribution is 7.13. The van der Waals surface area contributed by atoms with Gasteiger partial charge in [-0.15, -0.1) is 11.3 Å². The fourth-order valence-corrected chi connectivity index (χ4v) is 3.45. The van der Waals surface area contributed by atoms with E-state index < -0.39 is 0 Å². The quantitative estimate of drug-likeness (QED) is 0.654. The second kappa shape index (κ2) is 8.34. The van der Waals surface area contributed by atoms with Gasteiger partial charge in [-0.25, -0.2) is 4.98 Å². The molecule has 0 aliphatic heterocycles. The molecule has 6 heteroatoms. The Balaban J connectivity index is 1.61. The van der Waals surface area contributed by atoms with E-state index in [-0.39, 0.29) is 5.91 Å². The molecule has 0 bridgehead atoms. The maximum absolute atomic E-state index is 12.4. The molecule has 3 aromatic rings. The van der Waals surface area contributed by atoms with Crippen molar-refractivity contribution < 1.29 is 9.53 Å². The van der Waals surface area contributed by atoms with Crippen LogP contribution in [0.4, 0.5) is 0 Å². The number of aryl methyl sites for hydroxylation is 2. The molecular formula is C20H19ClN2O2S. The summed E-state index contributed by atoms with van der Waals surface area (Å²) in [6, 6.07) is 15.3. The van der Waals surface area contributed by atoms with Gasteiger partial charge in [-0.1, -0.05) is 41.9 Å². The average molecular weight is 387 g/mol. The van der Waals surface area contributed by atoms with Crippen LogP contribution >= 0.6 is 22.9 Å². The summed E-state index contributed by atoms with van der Waals surface area (Å²) in [5, 5.41) is 4.40. The number of carbonyl (C=O) groups excluding carboxylic acids is 1. The normalized spacial score (nSPS) is 10.6. The van der Waals surface area contributed by atoms with Gasteiger partial charge in [0.1, 0.15) is 22.2 Å². The zero-order valence-corrected chi connectivity index (χ0v) is 16.2. The molecule has 1 N–H and O–H groups in total. The minimum Gasteiger partial charge on any atom is -0.486 e. The van der Waals surface area contributed by atoms with Crippen LogP contribution in [-0.2, 0) is 13.2 Å². The van der Waals surface area contributed by atoms with Gasteiger partial charge < -0.3 is 10.1 Å². The molecule has 3 rings (SSSR count). The van der Waals surface area contributed by atoms with Crippen LogP contribution in [0.25, 0.3) is 0 Å². The van der Waals surface area contributed by atoms with Crippen molar-refractivity contribution in [2.45, 2.75) is 27.0 Å². The summed E-state index contributed by atoms with van der Waals surface area (Å²) in [7, 11) is 0. The molecule has 0 radical (unpaired) electrons. The molecule has 134 valence electrons. The van der Waals surface area contributed by atoms with E-state index >= 15 is 0 Å². The van der Waals surface area contributed by atoms with Gasteiger partial charge in [0.15, 0.2) is 0 Å². The predicted octanol–water partition coefficient (Wildman–Crippen LogP) is 4.92. The summed E-state index contributed by atoms with van der Waals surface area (Å²) in [6.45, 7) is 4.58. The number of rotatable bonds is 6. The van der Waals surface area contributed by atoms with Gasteiger partial charge in [0.25, 0.3) is 5.91 Å². The van der Waals surface area contributed by atoms with Crippen LogP contribution in [0.15, 0.2) is 48.5 Å². The van der Waals surface area contributed by atoms with Gasteiger partial charge >= 0.3 is 0 Å². The summed E-state index contributed by atoms with van der Waals surface area (Å²) in [5.74, 6) is 0.618. The van der Waals surface area contributed by atoms with E-state index in [1.165, 1.54) is 11.3 Å². The van der Waals surface area contributed by atoms with Gasteiger partial charge in [-0.2, -0.15) is 0 Å². The van der Waals surface area contributed by atoms with E-state index in [1.54, 1.807) is 0 Å². The first-order valence-electron chi connectivity index (χ1n) is 8.20. The Morgan fingerprint density at radius 2 is 1.96 bits per heavy atom. The maximum atomic E-state index is 12.4. The van der Waals surface area contributed by atoms with Crippen LogP contribution in [0.5, 0.6) is 5.75 Å². The second-order valence-corrected chi connectivity index (χ2v) is 7.38. The van der Waals surface area contributed by atoms with E-state index in [0.29, 0.717) is 28.7 Å². The standard InChI is InChI=1S/C20H19ClN2O2S/c1-13-10-16(8-9-17(13)21)25-12-18-23-14(2)19(26-18)20(24)22-11-15-6-4-3-5-7-15/h3-10H,11-12H2,1-2H3,(H,22,24). The predicted molar refractivity (Wildman–Crippen MR) is 105 cm³/mol. The molecule has 0 atom stereocenters. The zero-order chi connectivity index (χ0) is 18.5. The number of aromatic nitrogens is 1. The lowest BCUT2D eigenvalue weighted by atomic mass is 10.2. The van der Waals surface area contributed by atoms with Crippen LogP contribution < -0.4 is 10.1 Å². The second-order valence-electron chi connectivity index (χ2n) is 5.89. The smallest absolute Gasteiger partial charge is 0.263 e. The van der Waals surface area contributed by atoms with E-state index in [9.17, 15) is 4.79 Å². The Bertz CT molecular complexity index is 909. The highest BCUT2D eigenvalue weighted by Crippen LogP contribution is 2.23. The number of amides is 1. The van der Waals surface area contributed by atoms with Gasteiger partial charge in [0, 0.05) is 11.6 Å². The lowest BCUT2D eigenvalue weighted by Crippen LogP contribution is -2.22. The van der Waals surface area contributed by atoms with Crippen molar-refractivity contribution >= 4 is 28.8 Å². The van der Waals surface area contributed by atoms with Crippen molar-refractivity contribution in [1.29, 1.82) is 0 Å². The van der Waals surface area contributed by atoms with Gasteiger partial charge in [0.2, 0.25) is 0 Å². The van der Waals surface area contributed by atoms with Gasteiger partial charge in [0.05, 0.1) is 5.69 Å². The third-order valence-electron chi connectivity index (χ3n) is 3.83. The molecular weight excluding hydrogens is 368 g/mol. The summed E-state index contributed by atoms with van der Waals surface area (Å²) in [6.07, 6.45) is 0. The number of ether oxygens (including phenoxy) is 1. The first-order chi connectivity index (χ1) is 12.5. The largest absolute Gasteiger partial charge is 0.486 e. The molecule has 0 fully saturated rings. The number of hydrogen-bond donors (Lipinski definition) is 1. The topological polar surface area (TPSA) is 51.2 Å². The highest BCUT2D eigenvalue weighted by Gasteiger charge is 2.15. The lowest BCUT2D eigenvalue weighted by molar-refractivity contribution is 0.0954. The fourth-order valence-electron chi connectivity index (χ4n) is 2.44. The van der Waals surface area contributed by atoms with Crippen LogP contribution in [-0.4, -0.2) is 10.9 Å². The monoisotopic (exact) mass is 386 g/mol. The summed E-state index contributed by atoms with van der Waals surface area (Å²) in [5.41, 5.74) is 2.73. The molecule has 0 saturated carbocycles. The van der Waals surface area contributed by atoms with Crippen molar-refractivity contribution in [1.82, 2.24) is 10.3 Å². The molecule has 2 aromatic carbocycles. The number of carbonyl (C=O) groups is 1. The van der Waals surface area contributed by atoms with Gasteiger partial charge in [-0.3, -0.25) is 4.79 Å². The van der Waals surface area contributed by atoms with Crippen LogP contribution in [0, 0.1) is 13.8 Å². The van der Waals surface area contributed by atoms with Crippen molar-refractivity contribution in [2.75, 3.05) is 0 Å². The molecule has 0 unspecified atom stereocenters. The highest BCUT2D eigenvalue weighted by atomic mass is 35.5. The van der Waals surface area contributed by atoms with Crippen LogP contribution in [0.1, 0.15) is 31.5 Å². The fraction of sp³-hybridized carbons (Fsp3) is 0.200. The molecule has 0 spiro atoms. The first kappa shape index (κ1) is 18.4. The number of nitrogens with zero attached hydrogens (tertiary/aromatic N) is 1. The minimum atomic E-state index is -0.113. The van der Waals surface area contributed by atoms with Crippen LogP contribution in [0.3, 0.4) is 0 Å². The number of nitrogens with one attached hydrogen (secondary N) is 1. The molecule has 0 aliphatic rings. The molecule has 4 nitrogen and oxygen atoms in total. The van der Waals surface area contributed by atoms with E-state index in [2.05, 4.69) is 10.3 Å². The number of halogens is 1. The maximum Gasteiger partial charge on any atom is 0.263 e. The van der Waals surface area contributed by atoms with Crippen molar-refractivity contribution in [3.8, 4) is 5.75 Å². The third kappa shape index (κ3) is 4.62.